The van der Waals surface area contributed by atoms with Gasteiger partial charge in [0, 0.05) is 22.6 Å². The number of nitrogens with one attached hydrogen (secondary N) is 1. The molecule has 0 atom stereocenters. The summed E-state index contributed by atoms with van der Waals surface area (Å²) in [5, 5.41) is 2.87. The normalized spacial score (nSPS) is 10.0. The molecular formula is C16H16BrNO3. The van der Waals surface area contributed by atoms with E-state index in [1.807, 2.05) is 24.3 Å². The predicted octanol–water partition coefficient (Wildman–Crippen LogP) is 3.40. The highest BCUT2D eigenvalue weighted by molar-refractivity contribution is 9.10. The summed E-state index contributed by atoms with van der Waals surface area (Å²) in [5.74, 6) is 0.996. The van der Waals surface area contributed by atoms with E-state index < -0.39 is 0 Å². The third-order valence-corrected chi connectivity index (χ3v) is 3.45. The number of ether oxygens (including phenoxy) is 2. The van der Waals surface area contributed by atoms with E-state index in [4.69, 9.17) is 9.47 Å². The molecule has 0 unspecified atom stereocenters. The molecular weight excluding hydrogens is 334 g/mol. The van der Waals surface area contributed by atoms with Crippen molar-refractivity contribution in [3.05, 3.63) is 58.1 Å². The highest BCUT2D eigenvalue weighted by Gasteiger charge is 2.09. The summed E-state index contributed by atoms with van der Waals surface area (Å²) < 4.78 is 11.3. The van der Waals surface area contributed by atoms with Crippen molar-refractivity contribution in [2.24, 2.45) is 0 Å². The van der Waals surface area contributed by atoms with Crippen molar-refractivity contribution < 1.29 is 14.3 Å². The van der Waals surface area contributed by atoms with E-state index in [0.29, 0.717) is 23.6 Å². The maximum Gasteiger partial charge on any atom is 0.251 e. The Kier molecular flexibility index (Phi) is 5.22. The topological polar surface area (TPSA) is 47.6 Å². The molecule has 0 aromatic heterocycles. The first kappa shape index (κ1) is 15.4. The van der Waals surface area contributed by atoms with E-state index in [9.17, 15) is 4.79 Å². The van der Waals surface area contributed by atoms with Gasteiger partial charge >= 0.3 is 0 Å². The SMILES string of the molecule is COc1cc(OC)cc(C(=O)NCc2cccc(Br)c2)c1. The average Bonchev–Trinajstić information content (AvgIpc) is 2.52. The summed E-state index contributed by atoms with van der Waals surface area (Å²) in [6.45, 7) is 0.456. The van der Waals surface area contributed by atoms with Crippen LogP contribution < -0.4 is 14.8 Å². The minimum Gasteiger partial charge on any atom is -0.497 e. The molecule has 0 spiro atoms. The van der Waals surface area contributed by atoms with Crippen LogP contribution in [0.4, 0.5) is 0 Å². The Bertz CT molecular complexity index is 621. The lowest BCUT2D eigenvalue weighted by molar-refractivity contribution is 0.0950. The van der Waals surface area contributed by atoms with E-state index in [1.165, 1.54) is 0 Å². The molecule has 0 aliphatic heterocycles. The van der Waals surface area contributed by atoms with E-state index in [2.05, 4.69) is 21.2 Å². The number of methoxy groups -OCH3 is 2. The molecule has 2 aromatic rings. The first-order chi connectivity index (χ1) is 10.1. The third-order valence-electron chi connectivity index (χ3n) is 2.96. The van der Waals surface area contributed by atoms with Crippen molar-refractivity contribution in [3.8, 4) is 11.5 Å². The Balaban J connectivity index is 2.09. The van der Waals surface area contributed by atoms with Gasteiger partial charge in [0.05, 0.1) is 14.2 Å². The second kappa shape index (κ2) is 7.13. The number of halogens is 1. The summed E-state index contributed by atoms with van der Waals surface area (Å²) in [4.78, 5) is 12.2. The van der Waals surface area contributed by atoms with Crippen molar-refractivity contribution in [2.45, 2.75) is 6.54 Å². The molecule has 0 aliphatic carbocycles. The average molecular weight is 350 g/mol. The number of hydrogen-bond donors (Lipinski definition) is 1. The number of amides is 1. The molecule has 0 heterocycles. The van der Waals surface area contributed by atoms with Crippen LogP contribution >= 0.6 is 15.9 Å². The molecule has 1 amide bonds. The van der Waals surface area contributed by atoms with Gasteiger partial charge in [0.2, 0.25) is 0 Å². The van der Waals surface area contributed by atoms with Gasteiger partial charge in [-0.25, -0.2) is 0 Å². The third kappa shape index (κ3) is 4.23. The lowest BCUT2D eigenvalue weighted by Gasteiger charge is -2.09. The molecule has 0 saturated heterocycles. The van der Waals surface area contributed by atoms with Gasteiger partial charge in [-0.2, -0.15) is 0 Å². The summed E-state index contributed by atoms with van der Waals surface area (Å²) in [5.41, 5.74) is 1.52. The first-order valence-electron chi connectivity index (χ1n) is 6.38. The van der Waals surface area contributed by atoms with Gasteiger partial charge in [-0.05, 0) is 29.8 Å². The second-order valence-electron chi connectivity index (χ2n) is 4.41. The fourth-order valence-electron chi connectivity index (χ4n) is 1.87. The number of carbonyl (C=O) groups excluding carboxylic acids is 1. The van der Waals surface area contributed by atoms with Gasteiger partial charge in [0.25, 0.3) is 5.91 Å². The maximum atomic E-state index is 12.2. The molecule has 1 N–H and O–H groups in total. The van der Waals surface area contributed by atoms with E-state index in [0.717, 1.165) is 10.0 Å². The predicted molar refractivity (Wildman–Crippen MR) is 84.9 cm³/mol. The maximum absolute atomic E-state index is 12.2. The van der Waals surface area contributed by atoms with Crippen molar-refractivity contribution in [3.63, 3.8) is 0 Å². The fraction of sp³-hybridized carbons (Fsp3) is 0.188. The molecule has 4 nitrogen and oxygen atoms in total. The number of hydrogen-bond acceptors (Lipinski definition) is 3. The van der Waals surface area contributed by atoms with Gasteiger partial charge in [0.15, 0.2) is 0 Å². The molecule has 110 valence electrons. The van der Waals surface area contributed by atoms with Gasteiger partial charge in [-0.3, -0.25) is 4.79 Å². The standard InChI is InChI=1S/C16H16BrNO3/c1-20-14-7-12(8-15(9-14)21-2)16(19)18-10-11-4-3-5-13(17)6-11/h3-9H,10H2,1-2H3,(H,18,19). The summed E-state index contributed by atoms with van der Waals surface area (Å²) in [6.07, 6.45) is 0. The monoisotopic (exact) mass is 349 g/mol. The van der Waals surface area contributed by atoms with E-state index in [-0.39, 0.29) is 5.91 Å². The smallest absolute Gasteiger partial charge is 0.251 e. The van der Waals surface area contributed by atoms with Crippen LogP contribution in [0.5, 0.6) is 11.5 Å². The van der Waals surface area contributed by atoms with Crippen LogP contribution in [0.3, 0.4) is 0 Å². The lowest BCUT2D eigenvalue weighted by atomic mass is 10.1. The quantitative estimate of drug-likeness (QED) is 0.899. The molecule has 0 aliphatic rings. The zero-order valence-electron chi connectivity index (χ0n) is 11.9. The van der Waals surface area contributed by atoms with Crippen LogP contribution in [0.1, 0.15) is 15.9 Å². The van der Waals surface area contributed by atoms with Crippen LogP contribution in [-0.2, 0) is 6.54 Å². The minimum absolute atomic E-state index is 0.174. The summed E-state index contributed by atoms with van der Waals surface area (Å²) >= 11 is 3.41. The zero-order chi connectivity index (χ0) is 15.2. The van der Waals surface area contributed by atoms with E-state index >= 15 is 0 Å². The largest absolute Gasteiger partial charge is 0.497 e. The number of benzene rings is 2. The van der Waals surface area contributed by atoms with Crippen LogP contribution in [0.15, 0.2) is 46.9 Å². The Labute approximate surface area is 132 Å². The molecule has 0 fully saturated rings. The molecule has 0 radical (unpaired) electrons. The molecule has 2 rings (SSSR count). The van der Waals surface area contributed by atoms with Crippen LogP contribution in [0.2, 0.25) is 0 Å². The fourth-order valence-corrected chi connectivity index (χ4v) is 2.32. The van der Waals surface area contributed by atoms with Crippen molar-refractivity contribution in [2.75, 3.05) is 14.2 Å². The minimum atomic E-state index is -0.174. The van der Waals surface area contributed by atoms with Crippen LogP contribution in [-0.4, -0.2) is 20.1 Å². The summed E-state index contributed by atoms with van der Waals surface area (Å²) in [6, 6.07) is 12.9. The van der Waals surface area contributed by atoms with E-state index in [1.54, 1.807) is 32.4 Å². The zero-order valence-corrected chi connectivity index (χ0v) is 13.4. The van der Waals surface area contributed by atoms with Gasteiger partial charge < -0.3 is 14.8 Å². The molecule has 21 heavy (non-hydrogen) atoms. The first-order valence-corrected chi connectivity index (χ1v) is 7.17. The highest BCUT2D eigenvalue weighted by atomic mass is 79.9. The molecule has 0 bridgehead atoms. The van der Waals surface area contributed by atoms with Crippen LogP contribution in [0, 0.1) is 0 Å². The van der Waals surface area contributed by atoms with Crippen molar-refractivity contribution >= 4 is 21.8 Å². The molecule has 5 heteroatoms. The lowest BCUT2D eigenvalue weighted by Crippen LogP contribution is -2.22. The van der Waals surface area contributed by atoms with Gasteiger partial charge in [-0.15, -0.1) is 0 Å². The van der Waals surface area contributed by atoms with Gasteiger partial charge in [0.1, 0.15) is 11.5 Å². The number of rotatable bonds is 5. The van der Waals surface area contributed by atoms with Crippen molar-refractivity contribution in [1.29, 1.82) is 0 Å². The molecule has 0 saturated carbocycles. The molecule has 2 aromatic carbocycles. The van der Waals surface area contributed by atoms with Crippen molar-refractivity contribution in [1.82, 2.24) is 5.32 Å². The Morgan fingerprint density at radius 3 is 2.33 bits per heavy atom. The van der Waals surface area contributed by atoms with Gasteiger partial charge in [-0.1, -0.05) is 28.1 Å². The summed E-state index contributed by atoms with van der Waals surface area (Å²) in [7, 11) is 3.11. The van der Waals surface area contributed by atoms with Crippen LogP contribution in [0.25, 0.3) is 0 Å². The Morgan fingerprint density at radius 1 is 1.10 bits per heavy atom. The Morgan fingerprint density at radius 2 is 1.76 bits per heavy atom. The Hall–Kier alpha value is -2.01. The second-order valence-corrected chi connectivity index (χ2v) is 5.33. The number of carbonyl (C=O) groups is 1. The highest BCUT2D eigenvalue weighted by Crippen LogP contribution is 2.22.